The van der Waals surface area contributed by atoms with Gasteiger partial charge in [0.1, 0.15) is 0 Å². The molecule has 0 aliphatic carbocycles. The van der Waals surface area contributed by atoms with Crippen LogP contribution in [0.2, 0.25) is 0 Å². The normalized spacial score (nSPS) is 10.5. The van der Waals surface area contributed by atoms with E-state index in [0.717, 1.165) is 25.4 Å². The van der Waals surface area contributed by atoms with E-state index >= 15 is 0 Å². The van der Waals surface area contributed by atoms with Crippen molar-refractivity contribution >= 4 is 12.6 Å². The summed E-state index contributed by atoms with van der Waals surface area (Å²) in [6.07, 6.45) is 7.55. The zero-order valence-electron chi connectivity index (χ0n) is 8.22. The van der Waals surface area contributed by atoms with E-state index in [1.165, 1.54) is 32.1 Å². The molecule has 0 aromatic carbocycles. The number of ether oxygens (including phenoxy) is 1. The van der Waals surface area contributed by atoms with Gasteiger partial charge in [0.15, 0.2) is 0 Å². The summed E-state index contributed by atoms with van der Waals surface area (Å²) in [7, 11) is 0. The predicted octanol–water partition coefficient (Wildman–Crippen LogP) is 3.29. The van der Waals surface area contributed by atoms with Crippen LogP contribution in [-0.2, 0) is 4.74 Å². The molecule has 2 heteroatoms. The summed E-state index contributed by atoms with van der Waals surface area (Å²) >= 11 is 4.14. The second-order valence-electron chi connectivity index (χ2n) is 3.10. The Morgan fingerprint density at radius 3 is 2.17 bits per heavy atom. The van der Waals surface area contributed by atoms with Crippen LogP contribution in [0.15, 0.2) is 0 Å². The van der Waals surface area contributed by atoms with Gasteiger partial charge in [-0.25, -0.2) is 0 Å². The van der Waals surface area contributed by atoms with Crippen molar-refractivity contribution in [3.8, 4) is 0 Å². The molecule has 74 valence electrons. The van der Waals surface area contributed by atoms with Gasteiger partial charge in [0.25, 0.3) is 0 Å². The molecular weight excluding hydrogens is 168 g/mol. The molecular formula is C10H22OS. The first-order valence-electron chi connectivity index (χ1n) is 5.10. The first-order chi connectivity index (χ1) is 5.91. The molecule has 0 aliphatic rings. The van der Waals surface area contributed by atoms with Crippen molar-refractivity contribution in [3.05, 3.63) is 0 Å². The van der Waals surface area contributed by atoms with E-state index < -0.39 is 0 Å². The molecule has 0 saturated carbocycles. The highest BCUT2D eigenvalue weighted by atomic mass is 32.1. The molecule has 0 fully saturated rings. The minimum atomic E-state index is 0.923. The Morgan fingerprint density at radius 1 is 0.917 bits per heavy atom. The number of unbranched alkanes of at least 4 members (excludes halogenated alkanes) is 4. The summed E-state index contributed by atoms with van der Waals surface area (Å²) in [5.74, 6) is 0.985. The third kappa shape index (κ3) is 10.3. The Labute approximate surface area is 82.3 Å². The third-order valence-electron chi connectivity index (χ3n) is 1.84. The average molecular weight is 190 g/mol. The highest BCUT2D eigenvalue weighted by Crippen LogP contribution is 1.99. The Hall–Kier alpha value is 0.310. The van der Waals surface area contributed by atoms with Crippen LogP contribution in [0, 0.1) is 0 Å². The third-order valence-corrected chi connectivity index (χ3v) is 2.16. The van der Waals surface area contributed by atoms with E-state index in [1.807, 2.05) is 0 Å². The van der Waals surface area contributed by atoms with Crippen LogP contribution in [0.1, 0.15) is 45.4 Å². The van der Waals surface area contributed by atoms with Gasteiger partial charge in [-0.3, -0.25) is 0 Å². The van der Waals surface area contributed by atoms with Gasteiger partial charge in [-0.1, -0.05) is 26.2 Å². The molecule has 0 aromatic heterocycles. The summed E-state index contributed by atoms with van der Waals surface area (Å²) in [5, 5.41) is 0. The molecule has 0 unspecified atom stereocenters. The van der Waals surface area contributed by atoms with Crippen molar-refractivity contribution in [2.45, 2.75) is 45.4 Å². The van der Waals surface area contributed by atoms with E-state index in [-0.39, 0.29) is 0 Å². The van der Waals surface area contributed by atoms with E-state index in [0.29, 0.717) is 0 Å². The Balaban J connectivity index is 2.73. The second-order valence-corrected chi connectivity index (χ2v) is 3.55. The van der Waals surface area contributed by atoms with Gasteiger partial charge in [0.05, 0.1) is 0 Å². The van der Waals surface area contributed by atoms with Crippen LogP contribution in [0.5, 0.6) is 0 Å². The molecule has 0 heterocycles. The lowest BCUT2D eigenvalue weighted by atomic mass is 10.2. The molecule has 0 saturated heterocycles. The summed E-state index contributed by atoms with van der Waals surface area (Å²) in [6.45, 7) is 4.10. The Bertz CT molecular complexity index is 66.2. The van der Waals surface area contributed by atoms with Gasteiger partial charge >= 0.3 is 0 Å². The van der Waals surface area contributed by atoms with Crippen molar-refractivity contribution in [1.29, 1.82) is 0 Å². The standard InChI is InChI=1S/C10H22OS/c1-2-3-4-5-8-11-9-6-7-10-12/h12H,2-10H2,1H3. The number of thiol groups is 1. The minimum absolute atomic E-state index is 0.923. The maximum atomic E-state index is 5.45. The lowest BCUT2D eigenvalue weighted by molar-refractivity contribution is 0.127. The molecule has 0 atom stereocenters. The molecule has 12 heavy (non-hydrogen) atoms. The van der Waals surface area contributed by atoms with Crippen molar-refractivity contribution in [2.75, 3.05) is 19.0 Å². The first kappa shape index (κ1) is 12.3. The van der Waals surface area contributed by atoms with Crippen molar-refractivity contribution in [2.24, 2.45) is 0 Å². The maximum Gasteiger partial charge on any atom is 0.0466 e. The largest absolute Gasteiger partial charge is 0.381 e. The molecule has 0 bridgehead atoms. The first-order valence-corrected chi connectivity index (χ1v) is 5.73. The zero-order valence-corrected chi connectivity index (χ0v) is 9.11. The number of hydrogen-bond acceptors (Lipinski definition) is 2. The van der Waals surface area contributed by atoms with Crippen molar-refractivity contribution in [3.63, 3.8) is 0 Å². The Kier molecular flexibility index (Phi) is 11.6. The molecule has 0 aromatic rings. The topological polar surface area (TPSA) is 9.23 Å². The fourth-order valence-electron chi connectivity index (χ4n) is 1.05. The van der Waals surface area contributed by atoms with Crippen LogP contribution in [-0.4, -0.2) is 19.0 Å². The fourth-order valence-corrected chi connectivity index (χ4v) is 1.27. The lowest BCUT2D eigenvalue weighted by Crippen LogP contribution is -1.97. The molecule has 0 aliphatic heterocycles. The summed E-state index contributed by atoms with van der Waals surface area (Å²) in [4.78, 5) is 0. The molecule has 0 rings (SSSR count). The summed E-state index contributed by atoms with van der Waals surface area (Å²) in [5.41, 5.74) is 0. The highest BCUT2D eigenvalue weighted by Gasteiger charge is 1.89. The van der Waals surface area contributed by atoms with Crippen molar-refractivity contribution in [1.82, 2.24) is 0 Å². The zero-order chi connectivity index (χ0) is 9.07. The highest BCUT2D eigenvalue weighted by molar-refractivity contribution is 7.80. The van der Waals surface area contributed by atoms with Gasteiger partial charge in [0.2, 0.25) is 0 Å². The van der Waals surface area contributed by atoms with Gasteiger partial charge < -0.3 is 4.74 Å². The fraction of sp³-hybridized carbons (Fsp3) is 1.00. The van der Waals surface area contributed by atoms with Crippen LogP contribution in [0.3, 0.4) is 0 Å². The molecule has 0 spiro atoms. The maximum absolute atomic E-state index is 5.45. The molecule has 0 amide bonds. The SMILES string of the molecule is CCCCCCOCCCCS. The number of rotatable bonds is 9. The van der Waals surface area contributed by atoms with Gasteiger partial charge in [-0.2, -0.15) is 12.6 Å². The predicted molar refractivity (Wildman–Crippen MR) is 58.0 cm³/mol. The van der Waals surface area contributed by atoms with E-state index in [2.05, 4.69) is 19.6 Å². The van der Waals surface area contributed by atoms with Crippen LogP contribution in [0.4, 0.5) is 0 Å². The van der Waals surface area contributed by atoms with Crippen LogP contribution >= 0.6 is 12.6 Å². The second kappa shape index (κ2) is 11.3. The lowest BCUT2D eigenvalue weighted by Gasteiger charge is -2.02. The Morgan fingerprint density at radius 2 is 1.58 bits per heavy atom. The van der Waals surface area contributed by atoms with Crippen molar-refractivity contribution < 1.29 is 4.74 Å². The molecule has 1 nitrogen and oxygen atoms in total. The minimum Gasteiger partial charge on any atom is -0.381 e. The summed E-state index contributed by atoms with van der Waals surface area (Å²) < 4.78 is 5.45. The van der Waals surface area contributed by atoms with E-state index in [9.17, 15) is 0 Å². The van der Waals surface area contributed by atoms with Gasteiger partial charge in [-0.15, -0.1) is 0 Å². The van der Waals surface area contributed by atoms with E-state index in [4.69, 9.17) is 4.74 Å². The van der Waals surface area contributed by atoms with Gasteiger partial charge in [-0.05, 0) is 25.0 Å². The smallest absolute Gasteiger partial charge is 0.0466 e. The average Bonchev–Trinajstić information content (AvgIpc) is 2.10. The number of hydrogen-bond donors (Lipinski definition) is 1. The molecule has 0 radical (unpaired) electrons. The van der Waals surface area contributed by atoms with Crippen LogP contribution in [0.25, 0.3) is 0 Å². The summed E-state index contributed by atoms with van der Waals surface area (Å²) in [6, 6.07) is 0. The van der Waals surface area contributed by atoms with Crippen LogP contribution < -0.4 is 0 Å². The molecule has 0 N–H and O–H groups in total. The van der Waals surface area contributed by atoms with E-state index in [1.54, 1.807) is 0 Å². The monoisotopic (exact) mass is 190 g/mol. The van der Waals surface area contributed by atoms with Gasteiger partial charge in [0, 0.05) is 13.2 Å². The quantitative estimate of drug-likeness (QED) is 0.433.